The number of fused-ring (bicyclic) bond motifs is 5. The molecule has 0 saturated carbocycles. The van der Waals surface area contributed by atoms with Crippen LogP contribution in [-0.4, -0.2) is 4.98 Å². The first-order chi connectivity index (χ1) is 15.2. The summed E-state index contributed by atoms with van der Waals surface area (Å²) in [7, 11) is 0. The Labute approximate surface area is 184 Å². The van der Waals surface area contributed by atoms with E-state index in [1.54, 1.807) is 0 Å². The third-order valence-corrected chi connectivity index (χ3v) is 6.76. The lowest BCUT2D eigenvalue weighted by Crippen LogP contribution is -2.02. The van der Waals surface area contributed by atoms with E-state index in [-0.39, 0.29) is 0 Å². The van der Waals surface area contributed by atoms with E-state index in [0.717, 1.165) is 18.0 Å². The highest BCUT2D eigenvalue weighted by atomic mass is 14.7. The van der Waals surface area contributed by atoms with Crippen LogP contribution in [0.5, 0.6) is 0 Å². The number of hydrogen-bond acceptors (Lipinski definition) is 1. The highest BCUT2D eigenvalue weighted by Gasteiger charge is 2.12. The highest BCUT2D eigenvalue weighted by molar-refractivity contribution is 6.18. The second-order valence-corrected chi connectivity index (χ2v) is 8.80. The first kappa shape index (κ1) is 19.8. The van der Waals surface area contributed by atoms with Crippen LogP contribution in [0, 0.1) is 12.8 Å². The van der Waals surface area contributed by atoms with E-state index in [9.17, 15) is 0 Å². The fourth-order valence-corrected chi connectivity index (χ4v) is 5.01. The molecule has 0 fully saturated rings. The van der Waals surface area contributed by atoms with Gasteiger partial charge in [0, 0.05) is 17.1 Å². The Morgan fingerprint density at radius 1 is 0.710 bits per heavy atom. The van der Waals surface area contributed by atoms with Gasteiger partial charge in [-0.1, -0.05) is 86.8 Å². The predicted molar refractivity (Wildman–Crippen MR) is 135 cm³/mol. The first-order valence-corrected chi connectivity index (χ1v) is 11.5. The fraction of sp³-hybridized carbons (Fsp3) is 0.233. The zero-order valence-corrected chi connectivity index (χ0v) is 18.7. The van der Waals surface area contributed by atoms with Gasteiger partial charge in [-0.25, -0.2) is 0 Å². The third-order valence-electron chi connectivity index (χ3n) is 6.76. The largest absolute Gasteiger partial charge is 0.256 e. The number of rotatable bonds is 5. The molecule has 0 saturated heterocycles. The van der Waals surface area contributed by atoms with Gasteiger partial charge in [-0.05, 0) is 70.0 Å². The molecule has 1 aromatic heterocycles. The number of nitrogens with zero attached hydrogens (tertiary/aromatic N) is 1. The van der Waals surface area contributed by atoms with Crippen molar-refractivity contribution in [1.29, 1.82) is 0 Å². The van der Waals surface area contributed by atoms with E-state index in [1.165, 1.54) is 61.8 Å². The predicted octanol–water partition coefficient (Wildman–Crippen LogP) is 8.50. The van der Waals surface area contributed by atoms with Crippen LogP contribution in [0.4, 0.5) is 0 Å². The van der Waals surface area contributed by atoms with Gasteiger partial charge in [0.15, 0.2) is 0 Å². The molecule has 31 heavy (non-hydrogen) atoms. The lowest BCUT2D eigenvalue weighted by Gasteiger charge is -2.15. The molecule has 0 radical (unpaired) electrons. The van der Waals surface area contributed by atoms with Crippen LogP contribution in [0.1, 0.15) is 37.8 Å². The number of aromatic nitrogens is 1. The van der Waals surface area contributed by atoms with Gasteiger partial charge >= 0.3 is 0 Å². The van der Waals surface area contributed by atoms with Crippen LogP contribution in [0.2, 0.25) is 0 Å². The summed E-state index contributed by atoms with van der Waals surface area (Å²) >= 11 is 0. The number of benzene rings is 4. The van der Waals surface area contributed by atoms with Gasteiger partial charge < -0.3 is 0 Å². The number of pyridine rings is 1. The maximum atomic E-state index is 4.85. The van der Waals surface area contributed by atoms with Gasteiger partial charge in [0.2, 0.25) is 0 Å². The molecule has 0 unspecified atom stereocenters. The van der Waals surface area contributed by atoms with Crippen molar-refractivity contribution in [1.82, 2.24) is 4.98 Å². The van der Waals surface area contributed by atoms with E-state index in [2.05, 4.69) is 93.6 Å². The van der Waals surface area contributed by atoms with Crippen molar-refractivity contribution in [3.8, 4) is 11.3 Å². The Kier molecular flexibility index (Phi) is 5.19. The smallest absolute Gasteiger partial charge is 0.0780 e. The Balaban J connectivity index is 1.70. The summed E-state index contributed by atoms with van der Waals surface area (Å²) in [6, 6.07) is 26.8. The summed E-state index contributed by atoms with van der Waals surface area (Å²) in [5, 5.41) is 7.70. The van der Waals surface area contributed by atoms with Crippen LogP contribution in [0.3, 0.4) is 0 Å². The van der Waals surface area contributed by atoms with E-state index in [4.69, 9.17) is 4.98 Å². The summed E-state index contributed by atoms with van der Waals surface area (Å²) in [6.45, 7) is 6.80. The van der Waals surface area contributed by atoms with Crippen LogP contribution in [0.15, 0.2) is 79.0 Å². The summed E-state index contributed by atoms with van der Waals surface area (Å²) < 4.78 is 0. The summed E-state index contributed by atoms with van der Waals surface area (Å²) in [4.78, 5) is 4.85. The quantitative estimate of drug-likeness (QED) is 0.268. The summed E-state index contributed by atoms with van der Waals surface area (Å²) in [5.74, 6) is 0.743. The minimum Gasteiger partial charge on any atom is -0.256 e. The zero-order valence-electron chi connectivity index (χ0n) is 18.7. The average Bonchev–Trinajstić information content (AvgIpc) is 2.81. The highest BCUT2D eigenvalue weighted by Crippen LogP contribution is 2.35. The molecule has 1 heteroatoms. The van der Waals surface area contributed by atoms with Crippen LogP contribution in [0.25, 0.3) is 43.6 Å². The molecule has 0 N–H and O–H groups in total. The van der Waals surface area contributed by atoms with Crippen LogP contribution < -0.4 is 0 Å². The summed E-state index contributed by atoms with van der Waals surface area (Å²) in [6.07, 6.45) is 5.56. The van der Waals surface area contributed by atoms with Crippen LogP contribution in [-0.2, 0) is 6.42 Å². The average molecular weight is 404 g/mol. The molecule has 0 amide bonds. The molecule has 0 aliphatic heterocycles. The second kappa shape index (κ2) is 8.15. The Bertz CT molecular complexity index is 1390. The van der Waals surface area contributed by atoms with Crippen molar-refractivity contribution in [2.75, 3.05) is 0 Å². The SMILES string of the molecule is CCC(CC)Cc1cc(C)cc(-c2nccc3c2ccc2c4ccccc4ccc32)c1. The molecule has 0 aliphatic carbocycles. The molecule has 0 bridgehead atoms. The van der Waals surface area contributed by atoms with Crippen molar-refractivity contribution in [3.63, 3.8) is 0 Å². The van der Waals surface area contributed by atoms with Crippen LogP contribution >= 0.6 is 0 Å². The van der Waals surface area contributed by atoms with Crippen molar-refractivity contribution >= 4 is 32.3 Å². The molecular formula is C30H29N. The van der Waals surface area contributed by atoms with Gasteiger partial charge in [0.25, 0.3) is 0 Å². The first-order valence-electron chi connectivity index (χ1n) is 11.5. The lowest BCUT2D eigenvalue weighted by atomic mass is 9.91. The van der Waals surface area contributed by atoms with Crippen molar-refractivity contribution in [2.24, 2.45) is 5.92 Å². The Morgan fingerprint density at radius 2 is 1.42 bits per heavy atom. The maximum Gasteiger partial charge on any atom is 0.0780 e. The normalized spacial score (nSPS) is 11.7. The van der Waals surface area contributed by atoms with E-state index < -0.39 is 0 Å². The van der Waals surface area contributed by atoms with Gasteiger partial charge in [-0.15, -0.1) is 0 Å². The molecule has 4 aromatic carbocycles. The van der Waals surface area contributed by atoms with Gasteiger partial charge in [-0.2, -0.15) is 0 Å². The minimum absolute atomic E-state index is 0.743. The zero-order chi connectivity index (χ0) is 21.4. The standard InChI is InChI=1S/C30H29N/c1-4-21(5-2)18-22-16-20(3)17-24(19-22)30-29-13-12-26-25-9-7-6-8-23(25)10-11-27(26)28(29)14-15-31-30/h6-17,19,21H,4-5,18H2,1-3H3. The van der Waals surface area contributed by atoms with E-state index in [1.807, 2.05) is 6.20 Å². The molecule has 5 rings (SSSR count). The number of aryl methyl sites for hydroxylation is 1. The van der Waals surface area contributed by atoms with Gasteiger partial charge in [0.1, 0.15) is 0 Å². The topological polar surface area (TPSA) is 12.9 Å². The summed E-state index contributed by atoms with van der Waals surface area (Å²) in [5.41, 5.74) is 5.05. The van der Waals surface area contributed by atoms with Crippen molar-refractivity contribution in [3.05, 3.63) is 90.1 Å². The molecule has 0 aliphatic rings. The Morgan fingerprint density at radius 3 is 2.26 bits per heavy atom. The molecular weight excluding hydrogens is 374 g/mol. The maximum absolute atomic E-state index is 4.85. The monoisotopic (exact) mass is 403 g/mol. The van der Waals surface area contributed by atoms with Gasteiger partial charge in [-0.3, -0.25) is 4.98 Å². The van der Waals surface area contributed by atoms with Crippen molar-refractivity contribution < 1.29 is 0 Å². The fourth-order valence-electron chi connectivity index (χ4n) is 5.01. The van der Waals surface area contributed by atoms with E-state index >= 15 is 0 Å². The Hall–Kier alpha value is -3.19. The molecule has 154 valence electrons. The minimum atomic E-state index is 0.743. The van der Waals surface area contributed by atoms with Gasteiger partial charge in [0.05, 0.1) is 5.69 Å². The molecule has 0 spiro atoms. The lowest BCUT2D eigenvalue weighted by molar-refractivity contribution is 0.490. The molecule has 0 atom stereocenters. The molecule has 1 nitrogen and oxygen atoms in total. The molecule has 5 aromatic rings. The third kappa shape index (κ3) is 3.59. The van der Waals surface area contributed by atoms with Crippen molar-refractivity contribution in [2.45, 2.75) is 40.0 Å². The molecule has 1 heterocycles. The number of hydrogen-bond donors (Lipinski definition) is 0. The van der Waals surface area contributed by atoms with E-state index in [0.29, 0.717) is 0 Å². The second-order valence-electron chi connectivity index (χ2n) is 8.80.